The van der Waals surface area contributed by atoms with Gasteiger partial charge in [-0.05, 0) is 24.5 Å². The highest BCUT2D eigenvalue weighted by molar-refractivity contribution is 5.81. The van der Waals surface area contributed by atoms with Crippen LogP contribution in [0.2, 0.25) is 0 Å². The molecule has 0 heterocycles. The average Bonchev–Trinajstić information content (AvgIpc) is 2.56. The van der Waals surface area contributed by atoms with Crippen molar-refractivity contribution in [2.45, 2.75) is 33.7 Å². The van der Waals surface area contributed by atoms with E-state index in [0.717, 1.165) is 0 Å². The number of ether oxygens (including phenoxy) is 1. The standard InChI is InChI=1S/C18H21N3O3/c1-10(18(2,3)4)20-14-15(17(23)16(14)22)21-12-7-6-11(9-19)8-13(12)24-5/h6-8,10,20-21H,1-5H3/t10-/m1/s1. The van der Waals surface area contributed by atoms with Crippen LogP contribution in [0, 0.1) is 16.7 Å². The lowest BCUT2D eigenvalue weighted by Gasteiger charge is -2.30. The fraction of sp³-hybridized carbons (Fsp3) is 0.389. The molecule has 0 fully saturated rings. The molecule has 2 aromatic rings. The van der Waals surface area contributed by atoms with E-state index in [0.29, 0.717) is 17.0 Å². The Morgan fingerprint density at radius 3 is 2.33 bits per heavy atom. The number of benzene rings is 1. The van der Waals surface area contributed by atoms with Crippen molar-refractivity contribution in [3.63, 3.8) is 0 Å². The third-order valence-corrected chi connectivity index (χ3v) is 4.16. The lowest BCUT2D eigenvalue weighted by atomic mass is 9.87. The van der Waals surface area contributed by atoms with Gasteiger partial charge in [0.15, 0.2) is 0 Å². The maximum atomic E-state index is 11.9. The monoisotopic (exact) mass is 327 g/mol. The van der Waals surface area contributed by atoms with E-state index in [-0.39, 0.29) is 22.8 Å². The van der Waals surface area contributed by atoms with Gasteiger partial charge >= 0.3 is 0 Å². The Morgan fingerprint density at radius 1 is 1.17 bits per heavy atom. The van der Waals surface area contributed by atoms with Crippen molar-refractivity contribution in [3.05, 3.63) is 44.2 Å². The molecule has 0 bridgehead atoms. The lowest BCUT2D eigenvalue weighted by molar-refractivity contribution is 0.359. The van der Waals surface area contributed by atoms with Crippen molar-refractivity contribution >= 4 is 17.1 Å². The smallest absolute Gasteiger partial charge is 0.253 e. The minimum Gasteiger partial charge on any atom is -0.495 e. The molecule has 0 spiro atoms. The third-order valence-electron chi connectivity index (χ3n) is 4.16. The summed E-state index contributed by atoms with van der Waals surface area (Å²) >= 11 is 0. The topological polar surface area (TPSA) is 91.2 Å². The number of hydrogen-bond acceptors (Lipinski definition) is 6. The van der Waals surface area contributed by atoms with Gasteiger partial charge in [0.1, 0.15) is 17.1 Å². The van der Waals surface area contributed by atoms with Crippen LogP contribution in [-0.4, -0.2) is 13.2 Å². The summed E-state index contributed by atoms with van der Waals surface area (Å²) in [7, 11) is 1.48. The lowest BCUT2D eigenvalue weighted by Crippen LogP contribution is -2.41. The number of rotatable bonds is 5. The second-order valence-electron chi connectivity index (χ2n) is 6.79. The number of nitriles is 1. The van der Waals surface area contributed by atoms with Crippen molar-refractivity contribution in [2.75, 3.05) is 17.7 Å². The molecular weight excluding hydrogens is 306 g/mol. The largest absolute Gasteiger partial charge is 0.495 e. The first-order valence-corrected chi connectivity index (χ1v) is 7.64. The zero-order chi connectivity index (χ0) is 18.1. The normalized spacial score (nSPS) is 12.5. The second kappa shape index (κ2) is 6.36. The van der Waals surface area contributed by atoms with E-state index in [2.05, 4.69) is 10.6 Å². The Kier molecular flexibility index (Phi) is 4.65. The molecule has 1 atom stereocenters. The van der Waals surface area contributed by atoms with Crippen LogP contribution in [0.25, 0.3) is 0 Å². The zero-order valence-electron chi connectivity index (χ0n) is 14.5. The number of hydrogen-bond donors (Lipinski definition) is 2. The van der Waals surface area contributed by atoms with Gasteiger partial charge in [-0.2, -0.15) is 5.26 Å². The summed E-state index contributed by atoms with van der Waals surface area (Å²) < 4.78 is 5.24. The molecule has 2 aromatic carbocycles. The predicted molar refractivity (Wildman–Crippen MR) is 94.9 cm³/mol. The molecule has 0 unspecified atom stereocenters. The Morgan fingerprint density at radius 2 is 1.79 bits per heavy atom. The molecular formula is C18H21N3O3. The number of anilines is 3. The first-order chi connectivity index (χ1) is 11.2. The average molecular weight is 327 g/mol. The molecule has 0 aliphatic heterocycles. The van der Waals surface area contributed by atoms with Gasteiger partial charge < -0.3 is 15.4 Å². The van der Waals surface area contributed by atoms with Crippen molar-refractivity contribution < 1.29 is 4.74 Å². The summed E-state index contributed by atoms with van der Waals surface area (Å²) in [6.45, 7) is 8.11. The first kappa shape index (κ1) is 17.5. The molecule has 24 heavy (non-hydrogen) atoms. The number of methoxy groups -OCH3 is 1. The molecule has 0 amide bonds. The van der Waals surface area contributed by atoms with E-state index in [1.165, 1.54) is 7.11 Å². The molecule has 2 rings (SSSR count). The van der Waals surface area contributed by atoms with Crippen LogP contribution < -0.4 is 26.2 Å². The maximum absolute atomic E-state index is 11.9. The van der Waals surface area contributed by atoms with Gasteiger partial charge in [0.2, 0.25) is 0 Å². The predicted octanol–water partition coefficient (Wildman–Crippen LogP) is 2.75. The van der Waals surface area contributed by atoms with Crippen molar-refractivity contribution in [1.29, 1.82) is 5.26 Å². The minimum atomic E-state index is -0.565. The van der Waals surface area contributed by atoms with Gasteiger partial charge in [-0.1, -0.05) is 20.8 Å². The molecule has 6 nitrogen and oxygen atoms in total. The molecule has 0 saturated carbocycles. The highest BCUT2D eigenvalue weighted by Gasteiger charge is 2.27. The second-order valence-corrected chi connectivity index (χ2v) is 6.79. The van der Waals surface area contributed by atoms with Crippen LogP contribution in [0.15, 0.2) is 27.8 Å². The van der Waals surface area contributed by atoms with Crippen LogP contribution in [0.3, 0.4) is 0 Å². The minimum absolute atomic E-state index is 0.00390. The first-order valence-electron chi connectivity index (χ1n) is 7.64. The van der Waals surface area contributed by atoms with Crippen molar-refractivity contribution in [3.8, 4) is 11.8 Å². The van der Waals surface area contributed by atoms with Gasteiger partial charge in [-0.3, -0.25) is 9.59 Å². The summed E-state index contributed by atoms with van der Waals surface area (Å²) in [4.78, 5) is 23.8. The van der Waals surface area contributed by atoms with Gasteiger partial charge in [0.25, 0.3) is 10.9 Å². The van der Waals surface area contributed by atoms with Gasteiger partial charge in [-0.15, -0.1) is 0 Å². The molecule has 0 saturated heterocycles. The summed E-state index contributed by atoms with van der Waals surface area (Å²) in [5.41, 5.74) is 0.319. The highest BCUT2D eigenvalue weighted by Crippen LogP contribution is 2.31. The SMILES string of the molecule is COc1cc(C#N)ccc1Nc1c(N[C@H](C)C(C)(C)C)c(=O)c1=O. The van der Waals surface area contributed by atoms with Crippen molar-refractivity contribution in [2.24, 2.45) is 5.41 Å². The Hall–Kier alpha value is -2.81. The molecule has 0 radical (unpaired) electrons. The van der Waals surface area contributed by atoms with E-state index in [1.807, 2.05) is 33.8 Å². The Bertz CT molecular complexity index is 865. The van der Waals surface area contributed by atoms with Gasteiger partial charge in [0.05, 0.1) is 24.4 Å². The van der Waals surface area contributed by atoms with Crippen LogP contribution in [0.5, 0.6) is 5.75 Å². The zero-order valence-corrected chi connectivity index (χ0v) is 14.5. The number of nitrogens with one attached hydrogen (secondary N) is 2. The van der Waals surface area contributed by atoms with Crippen LogP contribution in [0.1, 0.15) is 33.3 Å². The molecule has 126 valence electrons. The fourth-order valence-electron chi connectivity index (χ4n) is 2.08. The Balaban J connectivity index is 2.33. The fourth-order valence-corrected chi connectivity index (χ4v) is 2.08. The molecule has 0 aliphatic carbocycles. The summed E-state index contributed by atoms with van der Waals surface area (Å²) in [5.74, 6) is 0.428. The van der Waals surface area contributed by atoms with E-state index in [1.54, 1.807) is 18.2 Å². The van der Waals surface area contributed by atoms with E-state index in [9.17, 15) is 9.59 Å². The maximum Gasteiger partial charge on any atom is 0.253 e. The Labute approximate surface area is 140 Å². The summed E-state index contributed by atoms with van der Waals surface area (Å²) in [6.07, 6.45) is 0. The van der Waals surface area contributed by atoms with Gasteiger partial charge in [-0.25, -0.2) is 0 Å². The van der Waals surface area contributed by atoms with Crippen LogP contribution in [0.4, 0.5) is 17.1 Å². The van der Waals surface area contributed by atoms with Crippen LogP contribution >= 0.6 is 0 Å². The third kappa shape index (κ3) is 3.25. The molecule has 2 N–H and O–H groups in total. The number of nitrogens with zero attached hydrogens (tertiary/aromatic N) is 1. The highest BCUT2D eigenvalue weighted by atomic mass is 16.5. The van der Waals surface area contributed by atoms with Crippen molar-refractivity contribution in [1.82, 2.24) is 0 Å². The summed E-state index contributed by atoms with van der Waals surface area (Å²) in [5, 5.41) is 15.0. The van der Waals surface area contributed by atoms with E-state index in [4.69, 9.17) is 10.00 Å². The van der Waals surface area contributed by atoms with Gasteiger partial charge in [0, 0.05) is 12.1 Å². The molecule has 6 heteroatoms. The van der Waals surface area contributed by atoms with Crippen LogP contribution in [-0.2, 0) is 0 Å². The van der Waals surface area contributed by atoms with E-state index < -0.39 is 10.9 Å². The molecule has 0 aliphatic rings. The summed E-state index contributed by atoms with van der Waals surface area (Å²) in [6, 6.07) is 6.85. The molecule has 0 aromatic heterocycles. The van der Waals surface area contributed by atoms with E-state index >= 15 is 0 Å². The quantitative estimate of drug-likeness (QED) is 0.821.